The van der Waals surface area contributed by atoms with Crippen LogP contribution in [0.2, 0.25) is 0 Å². The summed E-state index contributed by atoms with van der Waals surface area (Å²) in [6.07, 6.45) is 7.44. The smallest absolute Gasteiger partial charge is 0.118 e. The van der Waals surface area contributed by atoms with Gasteiger partial charge in [-0.3, -0.25) is 0 Å². The van der Waals surface area contributed by atoms with Gasteiger partial charge in [0.05, 0.1) is 16.1 Å². The van der Waals surface area contributed by atoms with Crippen LogP contribution in [0.3, 0.4) is 0 Å². The van der Waals surface area contributed by atoms with Crippen LogP contribution in [0.25, 0.3) is 16.3 Å². The Bertz CT molecular complexity index is 688. The third-order valence-corrected chi connectivity index (χ3v) is 3.52. The Morgan fingerprint density at radius 3 is 2.61 bits per heavy atom. The molecule has 0 aliphatic carbocycles. The zero-order chi connectivity index (χ0) is 12.4. The third-order valence-electron chi connectivity index (χ3n) is 2.65. The number of aromatic nitrogens is 2. The standard InChI is InChI=1S/C15H10N2S/c1-2-12-11-17(13-7-4-3-5-8-13)16-15(12)14-9-6-10-18-14/h1,3-11H. The van der Waals surface area contributed by atoms with E-state index in [0.717, 1.165) is 21.8 Å². The molecular formula is C15H10N2S. The molecule has 0 N–H and O–H groups in total. The fraction of sp³-hybridized carbons (Fsp3) is 0. The first kappa shape index (κ1) is 10.8. The van der Waals surface area contributed by atoms with Crippen molar-refractivity contribution in [2.45, 2.75) is 0 Å². The first-order chi connectivity index (χ1) is 8.88. The number of nitrogens with zero attached hydrogens (tertiary/aromatic N) is 2. The molecule has 0 bridgehead atoms. The van der Waals surface area contributed by atoms with Gasteiger partial charge in [0.2, 0.25) is 0 Å². The van der Waals surface area contributed by atoms with Crippen LogP contribution in [0.15, 0.2) is 54.0 Å². The second-order valence-electron chi connectivity index (χ2n) is 3.79. The van der Waals surface area contributed by atoms with Crippen LogP contribution in [0.4, 0.5) is 0 Å². The third kappa shape index (κ3) is 1.83. The van der Waals surface area contributed by atoms with Crippen LogP contribution in [-0.4, -0.2) is 9.78 Å². The van der Waals surface area contributed by atoms with Gasteiger partial charge in [-0.1, -0.05) is 30.2 Å². The lowest BCUT2D eigenvalue weighted by atomic mass is 10.2. The van der Waals surface area contributed by atoms with Gasteiger partial charge >= 0.3 is 0 Å². The zero-order valence-corrected chi connectivity index (χ0v) is 10.4. The molecule has 0 fully saturated rings. The van der Waals surface area contributed by atoms with Gasteiger partial charge in [0.1, 0.15) is 5.69 Å². The number of thiophene rings is 1. The lowest BCUT2D eigenvalue weighted by Crippen LogP contribution is -1.93. The largest absolute Gasteiger partial charge is 0.239 e. The molecule has 0 unspecified atom stereocenters. The molecule has 2 heterocycles. The molecule has 0 saturated heterocycles. The van der Waals surface area contributed by atoms with Crippen LogP contribution in [0, 0.1) is 12.3 Å². The Hall–Kier alpha value is -2.31. The van der Waals surface area contributed by atoms with E-state index in [1.165, 1.54) is 0 Å². The first-order valence-electron chi connectivity index (χ1n) is 5.54. The van der Waals surface area contributed by atoms with Gasteiger partial charge in [0.25, 0.3) is 0 Å². The number of terminal acetylenes is 1. The summed E-state index contributed by atoms with van der Waals surface area (Å²) in [5.74, 6) is 2.70. The molecule has 0 aliphatic heterocycles. The van der Waals surface area contributed by atoms with Crippen LogP contribution in [-0.2, 0) is 0 Å². The summed E-state index contributed by atoms with van der Waals surface area (Å²) in [5, 5.41) is 6.60. The van der Waals surface area contributed by atoms with Crippen LogP contribution < -0.4 is 0 Å². The number of para-hydroxylation sites is 1. The molecule has 0 radical (unpaired) electrons. The van der Waals surface area contributed by atoms with Crippen molar-refractivity contribution in [2.24, 2.45) is 0 Å². The number of benzene rings is 1. The minimum Gasteiger partial charge on any atom is -0.239 e. The number of rotatable bonds is 2. The van der Waals surface area contributed by atoms with E-state index in [0.29, 0.717) is 0 Å². The van der Waals surface area contributed by atoms with E-state index in [-0.39, 0.29) is 0 Å². The van der Waals surface area contributed by atoms with Crippen LogP contribution >= 0.6 is 11.3 Å². The highest BCUT2D eigenvalue weighted by Crippen LogP contribution is 2.27. The lowest BCUT2D eigenvalue weighted by molar-refractivity contribution is 0.885. The highest BCUT2D eigenvalue weighted by molar-refractivity contribution is 7.13. The van der Waals surface area contributed by atoms with E-state index in [1.807, 2.05) is 58.7 Å². The van der Waals surface area contributed by atoms with E-state index in [9.17, 15) is 0 Å². The van der Waals surface area contributed by atoms with E-state index in [1.54, 1.807) is 11.3 Å². The van der Waals surface area contributed by atoms with Gasteiger partial charge in [-0.15, -0.1) is 17.8 Å². The molecule has 0 saturated carbocycles. The van der Waals surface area contributed by atoms with Gasteiger partial charge in [-0.05, 0) is 23.6 Å². The highest BCUT2D eigenvalue weighted by atomic mass is 32.1. The van der Waals surface area contributed by atoms with Gasteiger partial charge in [-0.2, -0.15) is 5.10 Å². The van der Waals surface area contributed by atoms with Crippen molar-refractivity contribution < 1.29 is 0 Å². The first-order valence-corrected chi connectivity index (χ1v) is 6.42. The minimum atomic E-state index is 0.821. The molecule has 1 aromatic carbocycles. The Morgan fingerprint density at radius 1 is 1.11 bits per heavy atom. The average Bonchev–Trinajstić information content (AvgIpc) is 3.08. The predicted molar refractivity (Wildman–Crippen MR) is 74.8 cm³/mol. The zero-order valence-electron chi connectivity index (χ0n) is 9.58. The van der Waals surface area contributed by atoms with Crippen molar-refractivity contribution >= 4 is 11.3 Å². The van der Waals surface area contributed by atoms with Crippen LogP contribution in [0.5, 0.6) is 0 Å². The van der Waals surface area contributed by atoms with E-state index in [2.05, 4.69) is 11.0 Å². The van der Waals surface area contributed by atoms with Gasteiger partial charge in [0.15, 0.2) is 0 Å². The summed E-state index contributed by atoms with van der Waals surface area (Å²) in [6.45, 7) is 0. The quantitative estimate of drug-likeness (QED) is 0.636. The fourth-order valence-electron chi connectivity index (χ4n) is 1.79. The molecule has 86 valence electrons. The molecule has 3 rings (SSSR count). The second kappa shape index (κ2) is 4.52. The van der Waals surface area contributed by atoms with E-state index in [4.69, 9.17) is 6.42 Å². The molecule has 2 nitrogen and oxygen atoms in total. The highest BCUT2D eigenvalue weighted by Gasteiger charge is 2.10. The maximum Gasteiger partial charge on any atom is 0.118 e. The number of hydrogen-bond acceptors (Lipinski definition) is 2. The van der Waals surface area contributed by atoms with E-state index >= 15 is 0 Å². The average molecular weight is 250 g/mol. The molecule has 18 heavy (non-hydrogen) atoms. The van der Waals surface area contributed by atoms with Gasteiger partial charge in [-0.25, -0.2) is 4.68 Å². The van der Waals surface area contributed by atoms with Crippen molar-refractivity contribution in [3.63, 3.8) is 0 Å². The monoisotopic (exact) mass is 250 g/mol. The molecule has 0 amide bonds. The normalized spacial score (nSPS) is 10.2. The SMILES string of the molecule is C#Cc1cn(-c2ccccc2)nc1-c1cccs1. The maximum absolute atomic E-state index is 5.55. The van der Waals surface area contributed by atoms with Crippen molar-refractivity contribution in [1.82, 2.24) is 9.78 Å². The van der Waals surface area contributed by atoms with Gasteiger partial charge in [0, 0.05) is 6.20 Å². The molecule has 3 aromatic rings. The van der Waals surface area contributed by atoms with Crippen molar-refractivity contribution in [3.05, 3.63) is 59.6 Å². The van der Waals surface area contributed by atoms with Crippen molar-refractivity contribution in [2.75, 3.05) is 0 Å². The van der Waals surface area contributed by atoms with Crippen LogP contribution in [0.1, 0.15) is 5.56 Å². The lowest BCUT2D eigenvalue weighted by Gasteiger charge is -1.98. The second-order valence-corrected chi connectivity index (χ2v) is 4.74. The summed E-state index contributed by atoms with van der Waals surface area (Å²) in [7, 11) is 0. The summed E-state index contributed by atoms with van der Waals surface area (Å²) < 4.78 is 1.82. The Balaban J connectivity index is 2.13. The molecule has 2 aromatic heterocycles. The van der Waals surface area contributed by atoms with E-state index < -0.39 is 0 Å². The summed E-state index contributed by atoms with van der Waals surface area (Å²) >= 11 is 1.64. The molecule has 0 aliphatic rings. The number of hydrogen-bond donors (Lipinski definition) is 0. The molecule has 0 spiro atoms. The topological polar surface area (TPSA) is 17.8 Å². The maximum atomic E-state index is 5.55. The van der Waals surface area contributed by atoms with Gasteiger partial charge < -0.3 is 0 Å². The Labute approximate surface area is 110 Å². The molecule has 3 heteroatoms. The Kier molecular flexibility index (Phi) is 2.71. The molecule has 0 atom stereocenters. The predicted octanol–water partition coefficient (Wildman–Crippen LogP) is 3.58. The Morgan fingerprint density at radius 2 is 1.94 bits per heavy atom. The minimum absolute atomic E-state index is 0.821. The van der Waals surface area contributed by atoms with Crippen molar-refractivity contribution in [1.29, 1.82) is 0 Å². The summed E-state index contributed by atoms with van der Waals surface area (Å²) in [5.41, 5.74) is 2.70. The van der Waals surface area contributed by atoms with Crippen molar-refractivity contribution in [3.8, 4) is 28.6 Å². The molecular weight excluding hydrogens is 240 g/mol. The summed E-state index contributed by atoms with van der Waals surface area (Å²) in [6, 6.07) is 14.0. The summed E-state index contributed by atoms with van der Waals surface area (Å²) in [4.78, 5) is 1.10. The fourth-order valence-corrected chi connectivity index (χ4v) is 2.51.